The Labute approximate surface area is 107 Å². The van der Waals surface area contributed by atoms with Crippen molar-refractivity contribution in [3.05, 3.63) is 23.8 Å². The molecule has 0 saturated heterocycles. The zero-order chi connectivity index (χ0) is 13.2. The van der Waals surface area contributed by atoms with Crippen LogP contribution in [0.2, 0.25) is 0 Å². The Morgan fingerprint density at radius 1 is 1.11 bits per heavy atom. The molecule has 2 rings (SSSR count). The molecule has 0 aromatic heterocycles. The monoisotopic (exact) mass is 253 g/mol. The summed E-state index contributed by atoms with van der Waals surface area (Å²) in [6, 6.07) is 5.38. The molecule has 0 aliphatic heterocycles. The van der Waals surface area contributed by atoms with Crippen molar-refractivity contribution in [1.82, 2.24) is 0 Å². The number of methoxy groups -OCH3 is 2. The summed E-state index contributed by atoms with van der Waals surface area (Å²) in [5, 5.41) is 0. The van der Waals surface area contributed by atoms with Gasteiger partial charge < -0.3 is 15.2 Å². The van der Waals surface area contributed by atoms with E-state index < -0.39 is 5.67 Å². The number of nitrogens with two attached hydrogens (primary N) is 1. The topological polar surface area (TPSA) is 44.5 Å². The Balaban J connectivity index is 2.31. The van der Waals surface area contributed by atoms with Gasteiger partial charge in [-0.15, -0.1) is 0 Å². The average molecular weight is 253 g/mol. The van der Waals surface area contributed by atoms with Crippen molar-refractivity contribution in [1.29, 1.82) is 0 Å². The van der Waals surface area contributed by atoms with Gasteiger partial charge in [0, 0.05) is 12.1 Å². The van der Waals surface area contributed by atoms with Crippen molar-refractivity contribution >= 4 is 0 Å². The summed E-state index contributed by atoms with van der Waals surface area (Å²) in [5.41, 5.74) is 5.15. The van der Waals surface area contributed by atoms with Crippen LogP contribution in [-0.4, -0.2) is 20.3 Å². The quantitative estimate of drug-likeness (QED) is 0.900. The van der Waals surface area contributed by atoms with E-state index in [1.165, 1.54) is 0 Å². The summed E-state index contributed by atoms with van der Waals surface area (Å²) in [4.78, 5) is 0. The van der Waals surface area contributed by atoms with Crippen LogP contribution in [-0.2, 0) is 5.67 Å². The highest BCUT2D eigenvalue weighted by molar-refractivity contribution is 5.41. The number of hydrogen-bond acceptors (Lipinski definition) is 3. The van der Waals surface area contributed by atoms with E-state index in [1.54, 1.807) is 32.4 Å². The molecule has 18 heavy (non-hydrogen) atoms. The lowest BCUT2D eigenvalue weighted by Gasteiger charge is -2.33. The molecule has 0 heterocycles. The molecule has 0 amide bonds. The Hall–Kier alpha value is -1.29. The summed E-state index contributed by atoms with van der Waals surface area (Å²) in [7, 11) is 3.14. The zero-order valence-electron chi connectivity index (χ0n) is 10.9. The Morgan fingerprint density at radius 3 is 2.06 bits per heavy atom. The van der Waals surface area contributed by atoms with Gasteiger partial charge in [-0.3, -0.25) is 0 Å². The zero-order valence-corrected chi connectivity index (χ0v) is 10.9. The van der Waals surface area contributed by atoms with E-state index in [4.69, 9.17) is 15.2 Å². The molecule has 1 aromatic carbocycles. The van der Waals surface area contributed by atoms with Gasteiger partial charge in [0.25, 0.3) is 0 Å². The van der Waals surface area contributed by atoms with Gasteiger partial charge in [-0.2, -0.15) is 0 Å². The molecule has 0 unspecified atom stereocenters. The summed E-state index contributed by atoms with van der Waals surface area (Å²) < 4.78 is 25.3. The molecule has 1 aliphatic rings. The first kappa shape index (κ1) is 13.1. The number of alkyl halides is 1. The fourth-order valence-corrected chi connectivity index (χ4v) is 2.45. The van der Waals surface area contributed by atoms with Crippen molar-refractivity contribution in [3.63, 3.8) is 0 Å². The van der Waals surface area contributed by atoms with Crippen molar-refractivity contribution < 1.29 is 13.9 Å². The van der Waals surface area contributed by atoms with Crippen LogP contribution < -0.4 is 15.2 Å². The van der Waals surface area contributed by atoms with Gasteiger partial charge in [-0.05, 0) is 43.4 Å². The first-order valence-corrected chi connectivity index (χ1v) is 6.25. The highest BCUT2D eigenvalue weighted by atomic mass is 19.1. The van der Waals surface area contributed by atoms with E-state index in [-0.39, 0.29) is 6.04 Å². The van der Waals surface area contributed by atoms with Crippen molar-refractivity contribution in [3.8, 4) is 11.5 Å². The number of halogens is 1. The van der Waals surface area contributed by atoms with E-state index in [2.05, 4.69) is 0 Å². The number of benzene rings is 1. The summed E-state index contributed by atoms with van der Waals surface area (Å²) in [5.74, 6) is 1.24. The first-order chi connectivity index (χ1) is 8.57. The second-order valence-electron chi connectivity index (χ2n) is 4.90. The molecule has 0 atom stereocenters. The van der Waals surface area contributed by atoms with Gasteiger partial charge in [-0.1, -0.05) is 0 Å². The van der Waals surface area contributed by atoms with Crippen LogP contribution in [0.25, 0.3) is 0 Å². The lowest BCUT2D eigenvalue weighted by Crippen LogP contribution is -2.33. The largest absolute Gasteiger partial charge is 0.497 e. The minimum absolute atomic E-state index is 0.126. The van der Waals surface area contributed by atoms with Crippen molar-refractivity contribution in [2.75, 3.05) is 14.2 Å². The SMILES string of the molecule is COc1cc(OC)cc(C2(F)CCC(N)CC2)c1. The molecule has 0 bridgehead atoms. The van der Waals surface area contributed by atoms with E-state index in [0.717, 1.165) is 12.8 Å². The van der Waals surface area contributed by atoms with Crippen LogP contribution in [0, 0.1) is 0 Å². The predicted octanol–water partition coefficient (Wildman–Crippen LogP) is 2.77. The van der Waals surface area contributed by atoms with Gasteiger partial charge in [0.1, 0.15) is 17.2 Å². The fraction of sp³-hybridized carbons (Fsp3) is 0.571. The second kappa shape index (κ2) is 5.14. The fourth-order valence-electron chi connectivity index (χ4n) is 2.45. The number of ether oxygens (including phenoxy) is 2. The highest BCUT2D eigenvalue weighted by Gasteiger charge is 2.36. The van der Waals surface area contributed by atoms with Crippen LogP contribution in [0.5, 0.6) is 11.5 Å². The van der Waals surface area contributed by atoms with Crippen molar-refractivity contribution in [2.24, 2.45) is 5.73 Å². The smallest absolute Gasteiger partial charge is 0.136 e. The third-order valence-corrected chi connectivity index (χ3v) is 3.69. The maximum Gasteiger partial charge on any atom is 0.136 e. The van der Waals surface area contributed by atoms with Gasteiger partial charge >= 0.3 is 0 Å². The van der Waals surface area contributed by atoms with Crippen LogP contribution in [0.3, 0.4) is 0 Å². The van der Waals surface area contributed by atoms with Gasteiger partial charge in [0.15, 0.2) is 0 Å². The van der Waals surface area contributed by atoms with Gasteiger partial charge in [-0.25, -0.2) is 4.39 Å². The maximum absolute atomic E-state index is 14.9. The molecule has 4 heteroatoms. The molecule has 3 nitrogen and oxygen atoms in total. The maximum atomic E-state index is 14.9. The summed E-state index contributed by atoms with van der Waals surface area (Å²) >= 11 is 0. The Bertz CT molecular complexity index is 392. The number of hydrogen-bond donors (Lipinski definition) is 1. The van der Waals surface area contributed by atoms with Crippen LogP contribution in [0.4, 0.5) is 4.39 Å². The standard InChI is InChI=1S/C14H20FNO2/c1-17-12-7-10(8-13(9-12)18-2)14(15)5-3-11(16)4-6-14/h7-9,11H,3-6,16H2,1-2H3. The molecule has 0 radical (unpaired) electrons. The third-order valence-electron chi connectivity index (χ3n) is 3.69. The lowest BCUT2D eigenvalue weighted by molar-refractivity contribution is 0.0973. The van der Waals surface area contributed by atoms with E-state index in [0.29, 0.717) is 29.9 Å². The third kappa shape index (κ3) is 2.58. The molecule has 100 valence electrons. The Morgan fingerprint density at radius 2 is 1.61 bits per heavy atom. The normalized spacial score (nSPS) is 27.9. The second-order valence-corrected chi connectivity index (χ2v) is 4.90. The molecule has 1 aliphatic carbocycles. The van der Waals surface area contributed by atoms with Crippen LogP contribution in [0.15, 0.2) is 18.2 Å². The van der Waals surface area contributed by atoms with Gasteiger partial charge in [0.2, 0.25) is 0 Å². The molecule has 1 aromatic rings. The average Bonchev–Trinajstić information content (AvgIpc) is 2.41. The molecular formula is C14H20FNO2. The van der Waals surface area contributed by atoms with Crippen LogP contribution in [0.1, 0.15) is 31.2 Å². The molecular weight excluding hydrogens is 233 g/mol. The summed E-state index contributed by atoms with van der Waals surface area (Å²) in [6.45, 7) is 0. The van der Waals surface area contributed by atoms with Crippen molar-refractivity contribution in [2.45, 2.75) is 37.4 Å². The Kier molecular flexibility index (Phi) is 3.76. The minimum atomic E-state index is -1.31. The van der Waals surface area contributed by atoms with E-state index >= 15 is 0 Å². The highest BCUT2D eigenvalue weighted by Crippen LogP contribution is 2.42. The molecule has 1 fully saturated rings. The van der Waals surface area contributed by atoms with Gasteiger partial charge in [0.05, 0.1) is 14.2 Å². The summed E-state index contributed by atoms with van der Waals surface area (Å²) in [6.07, 6.45) is 2.36. The molecule has 2 N–H and O–H groups in total. The lowest BCUT2D eigenvalue weighted by atomic mass is 9.79. The first-order valence-electron chi connectivity index (χ1n) is 6.25. The molecule has 0 spiro atoms. The number of rotatable bonds is 3. The van der Waals surface area contributed by atoms with E-state index in [9.17, 15) is 4.39 Å². The minimum Gasteiger partial charge on any atom is -0.497 e. The van der Waals surface area contributed by atoms with Crippen LogP contribution >= 0.6 is 0 Å². The molecule has 1 saturated carbocycles. The predicted molar refractivity (Wildman–Crippen MR) is 68.8 cm³/mol. The van der Waals surface area contributed by atoms with E-state index in [1.807, 2.05) is 0 Å².